The number of benzene rings is 1. The Labute approximate surface area is 128 Å². The van der Waals surface area contributed by atoms with Gasteiger partial charge in [-0.1, -0.05) is 38.2 Å². The number of hydrogen-bond acceptors (Lipinski definition) is 3. The first-order chi connectivity index (χ1) is 9.71. The summed E-state index contributed by atoms with van der Waals surface area (Å²) in [4.78, 5) is 25.2. The van der Waals surface area contributed by atoms with Crippen molar-refractivity contribution >= 4 is 29.0 Å². The minimum absolute atomic E-state index is 0.0493. The standard InChI is InChI=1S/C15H17FN2O2S/c1-15(2)6-11(19)18(12(20)7-15)8-9-4-3-5-10(13(9)16)14(17)21/h3-5H,6-8H2,1-2H3,(H2,17,21). The Morgan fingerprint density at radius 2 is 1.90 bits per heavy atom. The third kappa shape index (κ3) is 3.26. The number of nitrogens with zero attached hydrogens (tertiary/aromatic N) is 1. The van der Waals surface area contributed by atoms with Gasteiger partial charge in [0.25, 0.3) is 0 Å². The lowest BCUT2D eigenvalue weighted by atomic mass is 9.81. The van der Waals surface area contributed by atoms with Gasteiger partial charge >= 0.3 is 0 Å². The fourth-order valence-electron chi connectivity index (χ4n) is 2.45. The Morgan fingerprint density at radius 3 is 2.43 bits per heavy atom. The van der Waals surface area contributed by atoms with E-state index in [9.17, 15) is 14.0 Å². The van der Waals surface area contributed by atoms with Gasteiger partial charge in [-0.3, -0.25) is 14.5 Å². The molecule has 0 aliphatic carbocycles. The number of thiocarbonyl (C=S) groups is 1. The van der Waals surface area contributed by atoms with Gasteiger partial charge in [-0.05, 0) is 11.5 Å². The van der Waals surface area contributed by atoms with Crippen LogP contribution in [-0.4, -0.2) is 21.7 Å². The number of halogens is 1. The number of rotatable bonds is 3. The summed E-state index contributed by atoms with van der Waals surface area (Å²) >= 11 is 4.78. The summed E-state index contributed by atoms with van der Waals surface area (Å²) in [6.07, 6.45) is 0.546. The quantitative estimate of drug-likeness (QED) is 0.686. The largest absolute Gasteiger partial charge is 0.389 e. The maximum atomic E-state index is 14.3. The van der Waals surface area contributed by atoms with Crippen molar-refractivity contribution in [1.82, 2.24) is 4.90 Å². The second kappa shape index (κ2) is 5.52. The number of piperidine rings is 1. The minimum Gasteiger partial charge on any atom is -0.389 e. The zero-order valence-corrected chi connectivity index (χ0v) is 12.8. The minimum atomic E-state index is -0.574. The molecule has 0 unspecified atom stereocenters. The Bertz CT molecular complexity index is 608. The molecule has 1 aromatic rings. The van der Waals surface area contributed by atoms with Crippen LogP contribution in [0.4, 0.5) is 4.39 Å². The van der Waals surface area contributed by atoms with Crippen LogP contribution < -0.4 is 5.73 Å². The fourth-order valence-corrected chi connectivity index (χ4v) is 2.61. The van der Waals surface area contributed by atoms with Crippen molar-refractivity contribution in [3.05, 3.63) is 35.1 Å². The number of carbonyl (C=O) groups is 2. The summed E-state index contributed by atoms with van der Waals surface area (Å²) < 4.78 is 14.3. The molecule has 0 bridgehead atoms. The van der Waals surface area contributed by atoms with Gasteiger partial charge in [-0.2, -0.15) is 0 Å². The van der Waals surface area contributed by atoms with E-state index in [-0.39, 0.29) is 52.7 Å². The SMILES string of the molecule is CC1(C)CC(=O)N(Cc2cccc(C(N)=S)c2F)C(=O)C1. The fraction of sp³-hybridized carbons (Fsp3) is 0.400. The normalized spacial score (nSPS) is 18.0. The number of amides is 2. The van der Waals surface area contributed by atoms with Crippen LogP contribution in [0.25, 0.3) is 0 Å². The molecule has 1 fully saturated rings. The zero-order chi connectivity index (χ0) is 15.8. The number of nitrogens with two attached hydrogens (primary N) is 1. The number of likely N-dealkylation sites (tertiary alicyclic amines) is 1. The second-order valence-electron chi connectivity index (χ2n) is 6.03. The van der Waals surface area contributed by atoms with Gasteiger partial charge in [0, 0.05) is 24.0 Å². The Morgan fingerprint density at radius 1 is 1.33 bits per heavy atom. The third-order valence-electron chi connectivity index (χ3n) is 3.53. The molecule has 1 aliphatic heterocycles. The molecule has 0 saturated carbocycles. The topological polar surface area (TPSA) is 63.4 Å². The first-order valence-electron chi connectivity index (χ1n) is 6.62. The molecule has 2 N–H and O–H groups in total. The molecule has 1 aliphatic rings. The van der Waals surface area contributed by atoms with E-state index >= 15 is 0 Å². The average molecular weight is 308 g/mol. The molecule has 6 heteroatoms. The monoisotopic (exact) mass is 308 g/mol. The van der Waals surface area contributed by atoms with Gasteiger partial charge in [0.15, 0.2) is 0 Å². The number of carbonyl (C=O) groups excluding carboxylic acids is 2. The first kappa shape index (κ1) is 15.6. The summed E-state index contributed by atoms with van der Waals surface area (Å²) in [5.74, 6) is -1.14. The van der Waals surface area contributed by atoms with E-state index in [1.165, 1.54) is 12.1 Å². The molecule has 0 radical (unpaired) electrons. The van der Waals surface area contributed by atoms with E-state index in [4.69, 9.17) is 18.0 Å². The van der Waals surface area contributed by atoms with E-state index in [0.29, 0.717) is 0 Å². The predicted molar refractivity (Wildman–Crippen MR) is 80.9 cm³/mol. The van der Waals surface area contributed by atoms with Gasteiger partial charge in [-0.25, -0.2) is 4.39 Å². The highest BCUT2D eigenvalue weighted by Gasteiger charge is 2.37. The van der Waals surface area contributed by atoms with E-state index in [2.05, 4.69) is 0 Å². The Balaban J connectivity index is 2.27. The van der Waals surface area contributed by atoms with Crippen LogP contribution in [0, 0.1) is 11.2 Å². The van der Waals surface area contributed by atoms with Gasteiger partial charge in [-0.15, -0.1) is 0 Å². The highest BCUT2D eigenvalue weighted by atomic mass is 32.1. The second-order valence-corrected chi connectivity index (χ2v) is 6.47. The molecule has 1 saturated heterocycles. The van der Waals surface area contributed by atoms with Crippen molar-refractivity contribution in [2.24, 2.45) is 11.1 Å². The van der Waals surface area contributed by atoms with Gasteiger partial charge in [0.05, 0.1) is 6.54 Å². The molecule has 2 rings (SSSR count). The summed E-state index contributed by atoms with van der Waals surface area (Å²) in [5, 5.41) is 0. The van der Waals surface area contributed by atoms with E-state index in [0.717, 1.165) is 4.90 Å². The summed E-state index contributed by atoms with van der Waals surface area (Å²) in [5.41, 5.74) is 5.47. The van der Waals surface area contributed by atoms with Crippen LogP contribution in [0.1, 0.15) is 37.8 Å². The zero-order valence-electron chi connectivity index (χ0n) is 12.0. The Kier molecular flexibility index (Phi) is 4.09. The van der Waals surface area contributed by atoms with Crippen molar-refractivity contribution in [2.75, 3.05) is 0 Å². The maximum Gasteiger partial charge on any atom is 0.230 e. The molecule has 1 heterocycles. The number of hydrogen-bond donors (Lipinski definition) is 1. The van der Waals surface area contributed by atoms with Gasteiger partial charge in [0.1, 0.15) is 10.8 Å². The van der Waals surface area contributed by atoms with E-state index < -0.39 is 5.82 Å². The molecule has 2 amide bonds. The summed E-state index contributed by atoms with van der Waals surface area (Å²) in [7, 11) is 0. The third-order valence-corrected chi connectivity index (χ3v) is 3.75. The van der Waals surface area contributed by atoms with Crippen LogP contribution in [-0.2, 0) is 16.1 Å². The molecule has 0 spiro atoms. The highest BCUT2D eigenvalue weighted by Crippen LogP contribution is 2.32. The number of imide groups is 1. The molecule has 1 aromatic carbocycles. The van der Waals surface area contributed by atoms with E-state index in [1.54, 1.807) is 6.07 Å². The van der Waals surface area contributed by atoms with Crippen molar-refractivity contribution in [3.63, 3.8) is 0 Å². The molecule has 112 valence electrons. The average Bonchev–Trinajstić information content (AvgIpc) is 2.34. The molecule has 0 aromatic heterocycles. The van der Waals surface area contributed by atoms with Crippen molar-refractivity contribution < 1.29 is 14.0 Å². The van der Waals surface area contributed by atoms with Gasteiger partial charge < -0.3 is 5.73 Å². The molecule has 4 nitrogen and oxygen atoms in total. The first-order valence-corrected chi connectivity index (χ1v) is 7.02. The lowest BCUT2D eigenvalue weighted by Gasteiger charge is -2.34. The summed E-state index contributed by atoms with van der Waals surface area (Å²) in [6, 6.07) is 4.61. The van der Waals surface area contributed by atoms with Gasteiger partial charge in [0.2, 0.25) is 11.8 Å². The predicted octanol–water partition coefficient (Wildman–Crippen LogP) is 2.14. The summed E-state index contributed by atoms with van der Waals surface area (Å²) in [6.45, 7) is 3.65. The maximum absolute atomic E-state index is 14.3. The van der Waals surface area contributed by atoms with Crippen molar-refractivity contribution in [2.45, 2.75) is 33.2 Å². The molecule has 0 atom stereocenters. The Hall–Kier alpha value is -1.82. The smallest absolute Gasteiger partial charge is 0.230 e. The molecular weight excluding hydrogens is 291 g/mol. The van der Waals surface area contributed by atoms with Crippen molar-refractivity contribution in [3.8, 4) is 0 Å². The van der Waals surface area contributed by atoms with E-state index in [1.807, 2.05) is 13.8 Å². The van der Waals surface area contributed by atoms with Crippen molar-refractivity contribution in [1.29, 1.82) is 0 Å². The lowest BCUT2D eigenvalue weighted by Crippen LogP contribution is -2.45. The van der Waals surface area contributed by atoms with Crippen LogP contribution in [0.3, 0.4) is 0 Å². The lowest BCUT2D eigenvalue weighted by molar-refractivity contribution is -0.153. The molecular formula is C15H17FN2O2S. The highest BCUT2D eigenvalue weighted by molar-refractivity contribution is 7.80. The van der Waals surface area contributed by atoms with Crippen LogP contribution in [0.15, 0.2) is 18.2 Å². The van der Waals surface area contributed by atoms with Crippen LogP contribution in [0.2, 0.25) is 0 Å². The van der Waals surface area contributed by atoms with Crippen LogP contribution in [0.5, 0.6) is 0 Å². The van der Waals surface area contributed by atoms with Crippen LogP contribution >= 0.6 is 12.2 Å². The molecule has 21 heavy (non-hydrogen) atoms.